The van der Waals surface area contributed by atoms with Crippen LogP contribution in [-0.2, 0) is 0 Å². The van der Waals surface area contributed by atoms with E-state index in [9.17, 15) is 5.11 Å². The normalized spacial score (nSPS) is 12.1. The third-order valence-corrected chi connectivity index (χ3v) is 4.69. The van der Waals surface area contributed by atoms with Crippen LogP contribution in [-0.4, -0.2) is 43.8 Å². The van der Waals surface area contributed by atoms with E-state index in [-0.39, 0.29) is 6.61 Å². The van der Waals surface area contributed by atoms with Gasteiger partial charge in [-0.2, -0.15) is 4.68 Å². The molecule has 0 amide bonds. The van der Waals surface area contributed by atoms with Gasteiger partial charge in [-0.05, 0) is 53.6 Å². The molecule has 0 aliphatic carbocycles. The molecule has 1 aromatic heterocycles. The largest absolute Gasteiger partial charge is 0.491 e. The van der Waals surface area contributed by atoms with Crippen LogP contribution < -0.4 is 4.74 Å². The molecule has 0 saturated heterocycles. The Labute approximate surface area is 150 Å². The number of ether oxygens (including phenoxy) is 1. The Morgan fingerprint density at radius 2 is 1.96 bits per heavy atom. The van der Waals surface area contributed by atoms with Gasteiger partial charge in [-0.1, -0.05) is 42.1 Å². The summed E-state index contributed by atoms with van der Waals surface area (Å²) >= 11 is 1.40. The molecule has 2 aromatic carbocycles. The number of nitrogens with zero attached hydrogens (tertiary/aromatic N) is 4. The molecular weight excluding hydrogens is 336 g/mol. The summed E-state index contributed by atoms with van der Waals surface area (Å²) in [4.78, 5) is 0. The van der Waals surface area contributed by atoms with Crippen molar-refractivity contribution in [1.82, 2.24) is 20.2 Å². The minimum atomic E-state index is -0.617. The standard InChI is InChI=1S/C18H20N4O2S/c1-13-8-9-14(2)17(10-13)22-18(19-20-21-22)25-12-15(23)11-24-16-6-4-3-5-7-16/h3-10,15,23H,11-12H2,1-2H3/t15-/m1/s1. The van der Waals surface area contributed by atoms with Gasteiger partial charge in [0.25, 0.3) is 0 Å². The van der Waals surface area contributed by atoms with Crippen LogP contribution in [0.5, 0.6) is 5.75 Å². The lowest BCUT2D eigenvalue weighted by Gasteiger charge is -2.12. The van der Waals surface area contributed by atoms with Crippen molar-refractivity contribution in [2.24, 2.45) is 0 Å². The molecule has 3 rings (SSSR count). The van der Waals surface area contributed by atoms with Crippen LogP contribution in [0.2, 0.25) is 0 Å². The van der Waals surface area contributed by atoms with Gasteiger partial charge >= 0.3 is 0 Å². The highest BCUT2D eigenvalue weighted by atomic mass is 32.2. The second-order valence-electron chi connectivity index (χ2n) is 5.75. The lowest BCUT2D eigenvalue weighted by atomic mass is 10.1. The van der Waals surface area contributed by atoms with Crippen molar-refractivity contribution < 1.29 is 9.84 Å². The van der Waals surface area contributed by atoms with Gasteiger partial charge in [0.15, 0.2) is 0 Å². The molecule has 1 heterocycles. The molecule has 6 nitrogen and oxygen atoms in total. The zero-order chi connectivity index (χ0) is 17.6. The number of para-hydroxylation sites is 1. The van der Waals surface area contributed by atoms with E-state index in [1.54, 1.807) is 4.68 Å². The third-order valence-electron chi connectivity index (χ3n) is 3.62. The minimum absolute atomic E-state index is 0.224. The van der Waals surface area contributed by atoms with Crippen LogP contribution in [0.25, 0.3) is 5.69 Å². The first-order valence-electron chi connectivity index (χ1n) is 7.98. The Hall–Kier alpha value is -2.38. The Balaban J connectivity index is 1.61. The molecule has 3 aromatic rings. The van der Waals surface area contributed by atoms with Gasteiger partial charge in [-0.25, -0.2) is 0 Å². The number of tetrazole rings is 1. The van der Waals surface area contributed by atoms with Crippen molar-refractivity contribution in [3.8, 4) is 11.4 Å². The van der Waals surface area contributed by atoms with Crippen molar-refractivity contribution in [3.05, 3.63) is 59.7 Å². The Bertz CT molecular complexity index is 823. The molecule has 0 saturated carbocycles. The highest BCUT2D eigenvalue weighted by molar-refractivity contribution is 7.99. The Morgan fingerprint density at radius 3 is 2.76 bits per heavy atom. The zero-order valence-electron chi connectivity index (χ0n) is 14.2. The summed E-state index contributed by atoms with van der Waals surface area (Å²) in [5.41, 5.74) is 3.18. The number of aliphatic hydroxyl groups excluding tert-OH is 1. The molecular formula is C18H20N4O2S. The number of thioether (sulfide) groups is 1. The number of aryl methyl sites for hydroxylation is 2. The minimum Gasteiger partial charge on any atom is -0.491 e. The smallest absolute Gasteiger partial charge is 0.214 e. The van der Waals surface area contributed by atoms with E-state index in [0.29, 0.717) is 10.9 Å². The number of hydrogen-bond acceptors (Lipinski definition) is 6. The van der Waals surface area contributed by atoms with E-state index >= 15 is 0 Å². The molecule has 1 atom stereocenters. The van der Waals surface area contributed by atoms with E-state index in [0.717, 1.165) is 22.6 Å². The highest BCUT2D eigenvalue weighted by Crippen LogP contribution is 2.22. The number of aromatic nitrogens is 4. The summed E-state index contributed by atoms with van der Waals surface area (Å²) < 4.78 is 7.27. The number of aliphatic hydroxyl groups is 1. The summed E-state index contributed by atoms with van der Waals surface area (Å²) in [7, 11) is 0. The fourth-order valence-corrected chi connectivity index (χ4v) is 3.08. The molecule has 0 bridgehead atoms. The van der Waals surface area contributed by atoms with Gasteiger partial charge in [0.2, 0.25) is 5.16 Å². The molecule has 0 radical (unpaired) electrons. The molecule has 0 unspecified atom stereocenters. The van der Waals surface area contributed by atoms with Gasteiger partial charge in [0.05, 0.1) is 11.8 Å². The summed E-state index contributed by atoms with van der Waals surface area (Å²) in [5.74, 6) is 1.18. The quantitative estimate of drug-likeness (QED) is 0.656. The Kier molecular flexibility index (Phi) is 5.67. The van der Waals surface area contributed by atoms with Crippen LogP contribution in [0.4, 0.5) is 0 Å². The predicted molar refractivity (Wildman–Crippen MR) is 97.3 cm³/mol. The van der Waals surface area contributed by atoms with Gasteiger partial charge in [0, 0.05) is 5.75 Å². The van der Waals surface area contributed by atoms with Gasteiger partial charge in [0.1, 0.15) is 12.4 Å². The highest BCUT2D eigenvalue weighted by Gasteiger charge is 2.14. The first-order chi connectivity index (χ1) is 12.1. The van der Waals surface area contributed by atoms with Crippen LogP contribution in [0.1, 0.15) is 11.1 Å². The molecule has 25 heavy (non-hydrogen) atoms. The van der Waals surface area contributed by atoms with Gasteiger partial charge < -0.3 is 9.84 Å². The molecule has 0 fully saturated rings. The van der Waals surface area contributed by atoms with E-state index in [2.05, 4.69) is 21.6 Å². The van der Waals surface area contributed by atoms with Gasteiger partial charge in [-0.15, -0.1) is 5.10 Å². The van der Waals surface area contributed by atoms with Crippen molar-refractivity contribution in [1.29, 1.82) is 0 Å². The van der Waals surface area contributed by atoms with E-state index in [4.69, 9.17) is 4.74 Å². The summed E-state index contributed by atoms with van der Waals surface area (Å²) in [6.07, 6.45) is -0.617. The maximum absolute atomic E-state index is 10.1. The fourth-order valence-electron chi connectivity index (χ4n) is 2.30. The lowest BCUT2D eigenvalue weighted by Crippen LogP contribution is -2.20. The van der Waals surface area contributed by atoms with E-state index in [1.807, 2.05) is 56.3 Å². The molecule has 0 aliphatic heterocycles. The van der Waals surface area contributed by atoms with Crippen LogP contribution in [0.3, 0.4) is 0 Å². The van der Waals surface area contributed by atoms with Crippen LogP contribution in [0.15, 0.2) is 53.7 Å². The summed E-state index contributed by atoms with van der Waals surface area (Å²) in [6, 6.07) is 15.6. The molecule has 1 N–H and O–H groups in total. The maximum Gasteiger partial charge on any atom is 0.214 e. The molecule has 7 heteroatoms. The lowest BCUT2D eigenvalue weighted by molar-refractivity contribution is 0.126. The first kappa shape index (κ1) is 17.4. The second-order valence-corrected chi connectivity index (χ2v) is 6.74. The van der Waals surface area contributed by atoms with Gasteiger partial charge in [-0.3, -0.25) is 0 Å². The zero-order valence-corrected chi connectivity index (χ0v) is 15.0. The van der Waals surface area contributed by atoms with E-state index < -0.39 is 6.10 Å². The van der Waals surface area contributed by atoms with Crippen molar-refractivity contribution >= 4 is 11.8 Å². The van der Waals surface area contributed by atoms with Crippen molar-refractivity contribution in [2.75, 3.05) is 12.4 Å². The number of hydrogen-bond donors (Lipinski definition) is 1. The SMILES string of the molecule is Cc1ccc(C)c(-n2nnnc2SC[C@H](O)COc2ccccc2)c1. The molecule has 0 spiro atoms. The topological polar surface area (TPSA) is 73.1 Å². The molecule has 0 aliphatic rings. The summed E-state index contributed by atoms with van der Waals surface area (Å²) in [6.45, 7) is 4.28. The maximum atomic E-state index is 10.1. The Morgan fingerprint density at radius 1 is 1.16 bits per heavy atom. The first-order valence-corrected chi connectivity index (χ1v) is 8.97. The fraction of sp³-hybridized carbons (Fsp3) is 0.278. The molecule has 130 valence electrons. The van der Waals surface area contributed by atoms with Crippen LogP contribution in [0, 0.1) is 13.8 Å². The van der Waals surface area contributed by atoms with E-state index in [1.165, 1.54) is 11.8 Å². The second kappa shape index (κ2) is 8.13. The number of benzene rings is 2. The monoisotopic (exact) mass is 356 g/mol. The average Bonchev–Trinajstić information content (AvgIpc) is 3.09. The van der Waals surface area contributed by atoms with Crippen LogP contribution >= 0.6 is 11.8 Å². The number of rotatable bonds is 7. The van der Waals surface area contributed by atoms with Crippen molar-refractivity contribution in [2.45, 2.75) is 25.1 Å². The predicted octanol–water partition coefficient (Wildman–Crippen LogP) is 2.81. The van der Waals surface area contributed by atoms with Crippen molar-refractivity contribution in [3.63, 3.8) is 0 Å². The average molecular weight is 356 g/mol. The third kappa shape index (κ3) is 4.58. The summed E-state index contributed by atoms with van der Waals surface area (Å²) in [5, 5.41) is 22.7.